The van der Waals surface area contributed by atoms with Crippen LogP contribution in [0.3, 0.4) is 0 Å². The number of aryl methyl sites for hydroxylation is 1. The molecule has 142 valence electrons. The number of aromatic nitrogens is 1. The van der Waals surface area contributed by atoms with Crippen LogP contribution in [0, 0.1) is 6.92 Å². The second-order valence-electron chi connectivity index (χ2n) is 6.40. The van der Waals surface area contributed by atoms with Gasteiger partial charge in [-0.3, -0.25) is 9.78 Å². The quantitative estimate of drug-likeness (QED) is 0.790. The minimum absolute atomic E-state index is 0.203. The average Bonchev–Trinajstić information content (AvgIpc) is 2.63. The molecule has 2 atom stereocenters. The third-order valence-electron chi connectivity index (χ3n) is 4.46. The lowest BCUT2D eigenvalue weighted by Gasteiger charge is -2.31. The maximum Gasteiger partial charge on any atom is 0.416 e. The summed E-state index contributed by atoms with van der Waals surface area (Å²) in [6.07, 6.45) is -2.36. The Morgan fingerprint density at radius 2 is 1.93 bits per heavy atom. The number of hydrogen-bond acceptors (Lipinski definition) is 3. The Morgan fingerprint density at radius 1 is 1.22 bits per heavy atom. The molecular formula is C20H19F3N2O2. The van der Waals surface area contributed by atoms with Crippen LogP contribution in [0.25, 0.3) is 0 Å². The fraction of sp³-hybridized carbons (Fsp3) is 0.300. The molecule has 1 aromatic heterocycles. The molecule has 0 aliphatic heterocycles. The zero-order chi connectivity index (χ0) is 19.6. The number of benzene rings is 1. The summed E-state index contributed by atoms with van der Waals surface area (Å²) >= 11 is 0. The first-order valence-electron chi connectivity index (χ1n) is 8.52. The van der Waals surface area contributed by atoms with E-state index in [1.165, 1.54) is 18.2 Å². The summed E-state index contributed by atoms with van der Waals surface area (Å²) in [4.78, 5) is 16.2. The summed E-state index contributed by atoms with van der Waals surface area (Å²) < 4.78 is 44.0. The molecule has 7 heteroatoms. The lowest BCUT2D eigenvalue weighted by Crippen LogP contribution is -2.32. The van der Waals surface area contributed by atoms with Crippen molar-refractivity contribution in [2.75, 3.05) is 0 Å². The zero-order valence-electron chi connectivity index (χ0n) is 14.7. The van der Waals surface area contributed by atoms with Crippen molar-refractivity contribution in [2.24, 2.45) is 0 Å². The van der Waals surface area contributed by atoms with E-state index in [1.54, 1.807) is 0 Å². The van der Waals surface area contributed by atoms with Gasteiger partial charge in [0.15, 0.2) is 0 Å². The molecule has 0 saturated carbocycles. The minimum Gasteiger partial charge on any atom is -0.484 e. The summed E-state index contributed by atoms with van der Waals surface area (Å²) in [6, 6.07) is 8.16. The largest absolute Gasteiger partial charge is 0.484 e. The number of nitrogens with one attached hydrogen (secondary N) is 1. The smallest absolute Gasteiger partial charge is 0.416 e. The van der Waals surface area contributed by atoms with Crippen LogP contribution in [0.15, 0.2) is 49.1 Å². The Bertz CT molecular complexity index is 847. The number of carbonyl (C=O) groups excluding carboxylic acids is 1. The average molecular weight is 376 g/mol. The molecule has 1 aromatic carbocycles. The number of ether oxygens (including phenoxy) is 1. The molecule has 0 radical (unpaired) electrons. The first-order valence-corrected chi connectivity index (χ1v) is 8.52. The van der Waals surface area contributed by atoms with E-state index in [1.807, 2.05) is 19.1 Å². The van der Waals surface area contributed by atoms with Gasteiger partial charge in [-0.2, -0.15) is 13.2 Å². The molecular weight excluding hydrogens is 357 g/mol. The molecule has 0 unspecified atom stereocenters. The number of nitrogens with zero attached hydrogens (tertiary/aromatic N) is 1. The van der Waals surface area contributed by atoms with E-state index < -0.39 is 17.8 Å². The van der Waals surface area contributed by atoms with Crippen LogP contribution >= 0.6 is 0 Å². The van der Waals surface area contributed by atoms with Crippen LogP contribution in [0.1, 0.15) is 47.5 Å². The van der Waals surface area contributed by atoms with Gasteiger partial charge in [0.1, 0.15) is 11.9 Å². The number of halogens is 3. The molecule has 2 aromatic rings. The Labute approximate surface area is 155 Å². The highest BCUT2D eigenvalue weighted by atomic mass is 19.4. The molecule has 1 amide bonds. The molecule has 0 bridgehead atoms. The first-order chi connectivity index (χ1) is 12.8. The van der Waals surface area contributed by atoms with Crippen molar-refractivity contribution in [2.45, 2.75) is 38.1 Å². The topological polar surface area (TPSA) is 51.2 Å². The maximum absolute atomic E-state index is 12.7. The van der Waals surface area contributed by atoms with Crippen LogP contribution in [0.2, 0.25) is 0 Å². The van der Waals surface area contributed by atoms with Crippen molar-refractivity contribution in [3.63, 3.8) is 0 Å². The SMILES string of the molecule is C=CC(=O)N[C@H]1CC[C@@H](Oc2ccc(C(F)(F)F)cc2)c2nc(C)ccc21. The number of rotatable bonds is 4. The van der Waals surface area contributed by atoms with Crippen molar-refractivity contribution in [3.05, 3.63) is 71.6 Å². The summed E-state index contributed by atoms with van der Waals surface area (Å²) in [6.45, 7) is 5.31. The molecule has 4 nitrogen and oxygen atoms in total. The Balaban J connectivity index is 1.84. The summed E-state index contributed by atoms with van der Waals surface area (Å²) in [5.74, 6) is 0.0736. The summed E-state index contributed by atoms with van der Waals surface area (Å²) in [5, 5.41) is 2.88. The van der Waals surface area contributed by atoms with Gasteiger partial charge in [-0.05, 0) is 61.7 Å². The Morgan fingerprint density at radius 3 is 2.56 bits per heavy atom. The molecule has 1 heterocycles. The van der Waals surface area contributed by atoms with E-state index >= 15 is 0 Å². The fourth-order valence-electron chi connectivity index (χ4n) is 3.13. The number of hydrogen-bond donors (Lipinski definition) is 1. The van der Waals surface area contributed by atoms with Gasteiger partial charge in [0.25, 0.3) is 0 Å². The first kappa shape index (κ1) is 18.9. The van der Waals surface area contributed by atoms with Gasteiger partial charge in [-0.25, -0.2) is 0 Å². The van der Waals surface area contributed by atoms with Gasteiger partial charge in [0.2, 0.25) is 5.91 Å². The fourth-order valence-corrected chi connectivity index (χ4v) is 3.13. The standard InChI is InChI=1S/C20H19F3N2O2/c1-3-18(26)25-16-10-11-17(19-15(16)9-4-12(2)24-19)27-14-7-5-13(6-8-14)20(21,22)23/h3-9,16-17H,1,10-11H2,2H3,(H,25,26)/t16-,17+/m0/s1. The van der Waals surface area contributed by atoms with Crippen LogP contribution in [0.4, 0.5) is 13.2 Å². The molecule has 1 N–H and O–H groups in total. The van der Waals surface area contributed by atoms with E-state index in [9.17, 15) is 18.0 Å². The van der Waals surface area contributed by atoms with Crippen molar-refractivity contribution in [1.82, 2.24) is 10.3 Å². The van der Waals surface area contributed by atoms with Crippen molar-refractivity contribution < 1.29 is 22.7 Å². The van der Waals surface area contributed by atoms with Crippen LogP contribution in [-0.4, -0.2) is 10.9 Å². The third kappa shape index (κ3) is 4.30. The molecule has 0 fully saturated rings. The number of fused-ring (bicyclic) bond motifs is 1. The van der Waals surface area contributed by atoms with E-state index in [4.69, 9.17) is 4.74 Å². The van der Waals surface area contributed by atoms with Gasteiger partial charge in [-0.15, -0.1) is 0 Å². The molecule has 27 heavy (non-hydrogen) atoms. The second-order valence-corrected chi connectivity index (χ2v) is 6.40. The highest BCUT2D eigenvalue weighted by Gasteiger charge is 2.32. The highest BCUT2D eigenvalue weighted by molar-refractivity contribution is 5.87. The molecule has 1 aliphatic rings. The summed E-state index contributed by atoms with van der Waals surface area (Å²) in [7, 11) is 0. The van der Waals surface area contributed by atoms with E-state index in [0.29, 0.717) is 24.3 Å². The summed E-state index contributed by atoms with van der Waals surface area (Å²) in [5.41, 5.74) is 1.61. The number of amides is 1. The van der Waals surface area contributed by atoms with Crippen molar-refractivity contribution in [3.8, 4) is 5.75 Å². The normalized spacial score (nSPS) is 19.1. The second kappa shape index (κ2) is 7.42. The molecule has 1 aliphatic carbocycles. The van der Waals surface area contributed by atoms with Crippen LogP contribution in [0.5, 0.6) is 5.75 Å². The Kier molecular flexibility index (Phi) is 5.21. The number of alkyl halides is 3. The van der Waals surface area contributed by atoms with E-state index in [2.05, 4.69) is 16.9 Å². The maximum atomic E-state index is 12.7. The van der Waals surface area contributed by atoms with E-state index in [0.717, 1.165) is 23.4 Å². The molecule has 0 spiro atoms. The van der Waals surface area contributed by atoms with Crippen LogP contribution < -0.4 is 10.1 Å². The van der Waals surface area contributed by atoms with Crippen molar-refractivity contribution in [1.29, 1.82) is 0 Å². The minimum atomic E-state index is -4.38. The van der Waals surface area contributed by atoms with E-state index in [-0.39, 0.29) is 11.9 Å². The van der Waals surface area contributed by atoms with Gasteiger partial charge in [0, 0.05) is 5.69 Å². The Hall–Kier alpha value is -2.83. The molecule has 3 rings (SSSR count). The highest BCUT2D eigenvalue weighted by Crippen LogP contribution is 2.38. The van der Waals surface area contributed by atoms with Gasteiger partial charge in [-0.1, -0.05) is 12.6 Å². The van der Waals surface area contributed by atoms with Crippen molar-refractivity contribution >= 4 is 5.91 Å². The lowest BCUT2D eigenvalue weighted by molar-refractivity contribution is -0.137. The number of carbonyl (C=O) groups is 1. The van der Waals surface area contributed by atoms with Gasteiger partial charge in [0.05, 0.1) is 17.3 Å². The monoisotopic (exact) mass is 376 g/mol. The van der Waals surface area contributed by atoms with Gasteiger partial charge < -0.3 is 10.1 Å². The zero-order valence-corrected chi connectivity index (χ0v) is 14.7. The van der Waals surface area contributed by atoms with Crippen LogP contribution in [-0.2, 0) is 11.0 Å². The lowest BCUT2D eigenvalue weighted by atomic mass is 9.88. The number of pyridine rings is 1. The third-order valence-corrected chi connectivity index (χ3v) is 4.46. The molecule has 0 saturated heterocycles. The predicted octanol–water partition coefficient (Wildman–Crippen LogP) is 4.67. The predicted molar refractivity (Wildman–Crippen MR) is 94.1 cm³/mol. The van der Waals surface area contributed by atoms with Gasteiger partial charge >= 0.3 is 6.18 Å².